The number of furan rings is 1. The molecule has 1 fully saturated rings. The van der Waals surface area contributed by atoms with Crippen LogP contribution >= 0.6 is 0 Å². The van der Waals surface area contributed by atoms with E-state index >= 15 is 0 Å². The number of hydrogen-bond donors (Lipinski definition) is 2. The second kappa shape index (κ2) is 7.40. The lowest BCUT2D eigenvalue weighted by Gasteiger charge is -2.20. The summed E-state index contributed by atoms with van der Waals surface area (Å²) >= 11 is 0. The molecule has 0 amide bonds. The van der Waals surface area contributed by atoms with Crippen LogP contribution in [0.5, 0.6) is 0 Å². The third-order valence-corrected chi connectivity index (χ3v) is 4.94. The molecule has 0 spiro atoms. The standard InChI is InChI=1S/C14H25N3O3S/c1-12(11-17-7-3-4-8-17)9-16-21(18,19)14-6-5-13(20-14)10-15-2/h5-6,12,15-16H,3-4,7-11H2,1-2H3. The molecule has 21 heavy (non-hydrogen) atoms. The zero-order chi connectivity index (χ0) is 15.3. The number of sulfonamides is 1. The van der Waals surface area contributed by atoms with Crippen LogP contribution < -0.4 is 10.0 Å². The molecule has 0 aromatic carbocycles. The van der Waals surface area contributed by atoms with Crippen LogP contribution in [0.25, 0.3) is 0 Å². The van der Waals surface area contributed by atoms with E-state index in [1.165, 1.54) is 18.9 Å². The predicted molar refractivity (Wildman–Crippen MR) is 81.5 cm³/mol. The number of nitrogens with one attached hydrogen (secondary N) is 2. The molecular formula is C14H25N3O3S. The highest BCUT2D eigenvalue weighted by atomic mass is 32.2. The molecule has 1 aromatic rings. The lowest BCUT2D eigenvalue weighted by Crippen LogP contribution is -2.34. The highest BCUT2D eigenvalue weighted by molar-refractivity contribution is 7.89. The molecule has 1 aromatic heterocycles. The summed E-state index contributed by atoms with van der Waals surface area (Å²) in [6.07, 6.45) is 2.50. The van der Waals surface area contributed by atoms with Gasteiger partial charge in [0.25, 0.3) is 10.0 Å². The van der Waals surface area contributed by atoms with Gasteiger partial charge in [-0.2, -0.15) is 0 Å². The van der Waals surface area contributed by atoms with Crippen molar-refractivity contribution in [2.24, 2.45) is 5.92 Å². The van der Waals surface area contributed by atoms with Crippen LogP contribution in [0.4, 0.5) is 0 Å². The maximum Gasteiger partial charge on any atom is 0.273 e. The summed E-state index contributed by atoms with van der Waals surface area (Å²) in [5.74, 6) is 0.896. The number of nitrogens with zero attached hydrogens (tertiary/aromatic N) is 1. The Morgan fingerprint density at radius 3 is 2.71 bits per heavy atom. The van der Waals surface area contributed by atoms with Gasteiger partial charge in [-0.05, 0) is 51.0 Å². The minimum absolute atomic E-state index is 0.0128. The van der Waals surface area contributed by atoms with Gasteiger partial charge in [0.2, 0.25) is 5.09 Å². The topological polar surface area (TPSA) is 74.6 Å². The van der Waals surface area contributed by atoms with Crippen molar-refractivity contribution in [3.8, 4) is 0 Å². The Morgan fingerprint density at radius 1 is 1.33 bits per heavy atom. The zero-order valence-corrected chi connectivity index (χ0v) is 13.6. The molecule has 2 rings (SSSR count). The monoisotopic (exact) mass is 315 g/mol. The summed E-state index contributed by atoms with van der Waals surface area (Å²) in [6, 6.07) is 3.18. The maximum atomic E-state index is 12.2. The van der Waals surface area contributed by atoms with Crippen LogP contribution in [0.1, 0.15) is 25.5 Å². The summed E-state index contributed by atoms with van der Waals surface area (Å²) < 4.78 is 32.3. The molecule has 1 aliphatic heterocycles. The maximum absolute atomic E-state index is 12.2. The molecule has 1 aliphatic rings. The predicted octanol–water partition coefficient (Wildman–Crippen LogP) is 1.01. The van der Waals surface area contributed by atoms with Crippen LogP contribution in [0, 0.1) is 5.92 Å². The van der Waals surface area contributed by atoms with E-state index in [-0.39, 0.29) is 11.0 Å². The third-order valence-electron chi connectivity index (χ3n) is 3.64. The van der Waals surface area contributed by atoms with Crippen molar-refractivity contribution >= 4 is 10.0 Å². The number of hydrogen-bond acceptors (Lipinski definition) is 5. The molecule has 1 unspecified atom stereocenters. The van der Waals surface area contributed by atoms with Crippen LogP contribution in [0.3, 0.4) is 0 Å². The molecular weight excluding hydrogens is 290 g/mol. The molecule has 1 atom stereocenters. The first-order valence-corrected chi connectivity index (χ1v) is 8.95. The molecule has 1 saturated heterocycles. The second-order valence-electron chi connectivity index (χ2n) is 5.72. The quantitative estimate of drug-likeness (QED) is 0.749. The average Bonchev–Trinajstić information content (AvgIpc) is 3.09. The normalized spacial score (nSPS) is 18.2. The van der Waals surface area contributed by atoms with Crippen LogP contribution in [-0.2, 0) is 16.6 Å². The molecule has 0 saturated carbocycles. The van der Waals surface area contributed by atoms with Gasteiger partial charge in [0, 0.05) is 13.1 Å². The molecule has 6 nitrogen and oxygen atoms in total. The third kappa shape index (κ3) is 4.81. The van der Waals surface area contributed by atoms with E-state index in [9.17, 15) is 8.42 Å². The minimum atomic E-state index is -3.55. The first kappa shape index (κ1) is 16.5. The lowest BCUT2D eigenvalue weighted by atomic mass is 10.2. The summed E-state index contributed by atoms with van der Waals surface area (Å²) in [7, 11) is -1.76. The van der Waals surface area contributed by atoms with Gasteiger partial charge in [-0.15, -0.1) is 0 Å². The fraction of sp³-hybridized carbons (Fsp3) is 0.714. The van der Waals surface area contributed by atoms with Gasteiger partial charge >= 0.3 is 0 Å². The van der Waals surface area contributed by atoms with Crippen LogP contribution in [0.15, 0.2) is 21.6 Å². The van der Waals surface area contributed by atoms with E-state index < -0.39 is 10.0 Å². The fourth-order valence-corrected chi connectivity index (χ4v) is 3.68. The highest BCUT2D eigenvalue weighted by Crippen LogP contribution is 2.14. The van der Waals surface area contributed by atoms with Gasteiger partial charge in [0.05, 0.1) is 6.54 Å². The first-order valence-electron chi connectivity index (χ1n) is 7.46. The molecule has 120 valence electrons. The van der Waals surface area contributed by atoms with Crippen molar-refractivity contribution in [1.82, 2.24) is 14.9 Å². The van der Waals surface area contributed by atoms with Crippen LogP contribution in [-0.4, -0.2) is 46.5 Å². The number of likely N-dealkylation sites (tertiary alicyclic amines) is 1. The summed E-state index contributed by atoms with van der Waals surface area (Å²) in [6.45, 7) is 6.20. The largest absolute Gasteiger partial charge is 0.447 e. The summed E-state index contributed by atoms with van der Waals surface area (Å²) in [5, 5.41) is 2.91. The van der Waals surface area contributed by atoms with Gasteiger partial charge in [-0.3, -0.25) is 0 Å². The van der Waals surface area contributed by atoms with Crippen molar-refractivity contribution in [1.29, 1.82) is 0 Å². The van der Waals surface area contributed by atoms with E-state index in [1.807, 2.05) is 0 Å². The minimum Gasteiger partial charge on any atom is -0.447 e. The smallest absolute Gasteiger partial charge is 0.273 e. The Bertz CT molecular complexity index is 535. The molecule has 7 heteroatoms. The first-order chi connectivity index (χ1) is 10.0. The van der Waals surface area contributed by atoms with Crippen molar-refractivity contribution in [2.75, 3.05) is 33.2 Å². The van der Waals surface area contributed by atoms with E-state index in [1.54, 1.807) is 13.1 Å². The van der Waals surface area contributed by atoms with Crippen molar-refractivity contribution in [3.05, 3.63) is 17.9 Å². The Kier molecular flexibility index (Phi) is 5.80. The fourth-order valence-electron chi connectivity index (χ4n) is 2.57. The Labute approximate surface area is 126 Å². The summed E-state index contributed by atoms with van der Waals surface area (Å²) in [4.78, 5) is 2.39. The van der Waals surface area contributed by atoms with Gasteiger partial charge in [0.15, 0.2) is 0 Å². The molecule has 0 radical (unpaired) electrons. The SMILES string of the molecule is CNCc1ccc(S(=O)(=O)NCC(C)CN2CCCC2)o1. The number of rotatable bonds is 8. The van der Waals surface area contributed by atoms with Crippen molar-refractivity contribution in [2.45, 2.75) is 31.4 Å². The second-order valence-corrected chi connectivity index (χ2v) is 7.41. The van der Waals surface area contributed by atoms with E-state index in [2.05, 4.69) is 21.9 Å². The Morgan fingerprint density at radius 2 is 2.05 bits per heavy atom. The lowest BCUT2D eigenvalue weighted by molar-refractivity contribution is 0.288. The van der Waals surface area contributed by atoms with Gasteiger partial charge in [-0.1, -0.05) is 6.92 Å². The molecule has 2 N–H and O–H groups in total. The molecule has 2 heterocycles. The van der Waals surface area contributed by atoms with Gasteiger partial charge in [-0.25, -0.2) is 13.1 Å². The Balaban J connectivity index is 1.84. The Hall–Kier alpha value is -0.890. The van der Waals surface area contributed by atoms with Crippen LogP contribution in [0.2, 0.25) is 0 Å². The van der Waals surface area contributed by atoms with Crippen molar-refractivity contribution in [3.63, 3.8) is 0 Å². The molecule has 0 aliphatic carbocycles. The summed E-state index contributed by atoms with van der Waals surface area (Å²) in [5.41, 5.74) is 0. The van der Waals surface area contributed by atoms with Crippen molar-refractivity contribution < 1.29 is 12.8 Å². The average molecular weight is 315 g/mol. The van der Waals surface area contributed by atoms with E-state index in [0.717, 1.165) is 19.6 Å². The van der Waals surface area contributed by atoms with E-state index in [0.29, 0.717) is 18.8 Å². The zero-order valence-electron chi connectivity index (χ0n) is 12.8. The van der Waals surface area contributed by atoms with Gasteiger partial charge in [0.1, 0.15) is 5.76 Å². The highest BCUT2D eigenvalue weighted by Gasteiger charge is 2.21. The van der Waals surface area contributed by atoms with Gasteiger partial charge < -0.3 is 14.6 Å². The van der Waals surface area contributed by atoms with E-state index in [4.69, 9.17) is 4.42 Å². The molecule has 0 bridgehead atoms.